The zero-order valence-corrected chi connectivity index (χ0v) is 9.66. The summed E-state index contributed by atoms with van der Waals surface area (Å²) in [5, 5.41) is 0. The number of hydrogen-bond donors (Lipinski definition) is 1. The second-order valence-corrected chi connectivity index (χ2v) is 4.64. The molecule has 0 aliphatic carbocycles. The first kappa shape index (κ1) is 10.7. The highest BCUT2D eigenvalue weighted by Gasteiger charge is 2.20. The lowest BCUT2D eigenvalue weighted by molar-refractivity contribution is 0.227. The number of benzene rings is 1. The van der Waals surface area contributed by atoms with E-state index < -0.39 is 0 Å². The standard InChI is InChI=1S/C13H20N2/c1-10(2)15-8-12-4-3-11(5-6-14)7-13(12)9-15/h3-4,7,10H,5-6,8-9,14H2,1-2H3. The maximum absolute atomic E-state index is 5.57. The molecule has 0 radical (unpaired) electrons. The van der Waals surface area contributed by atoms with Crippen LogP contribution < -0.4 is 5.73 Å². The first-order chi connectivity index (χ1) is 7.20. The van der Waals surface area contributed by atoms with Gasteiger partial charge in [0.05, 0.1) is 0 Å². The van der Waals surface area contributed by atoms with Gasteiger partial charge in [-0.25, -0.2) is 0 Å². The third-order valence-electron chi connectivity index (χ3n) is 3.18. The van der Waals surface area contributed by atoms with E-state index in [9.17, 15) is 0 Å². The number of nitrogens with zero attached hydrogens (tertiary/aromatic N) is 1. The number of fused-ring (bicyclic) bond motifs is 1. The summed E-state index contributed by atoms with van der Waals surface area (Å²) in [5.74, 6) is 0. The molecule has 2 rings (SSSR count). The fourth-order valence-electron chi connectivity index (χ4n) is 2.16. The normalized spacial score (nSPS) is 16.0. The summed E-state index contributed by atoms with van der Waals surface area (Å²) in [7, 11) is 0. The predicted octanol–water partition coefficient (Wildman–Crippen LogP) is 1.91. The smallest absolute Gasteiger partial charge is 0.0243 e. The van der Waals surface area contributed by atoms with Crippen molar-refractivity contribution in [1.82, 2.24) is 4.90 Å². The number of rotatable bonds is 3. The van der Waals surface area contributed by atoms with Crippen molar-refractivity contribution >= 4 is 0 Å². The SMILES string of the molecule is CC(C)N1Cc2ccc(CCN)cc2C1. The van der Waals surface area contributed by atoms with Gasteiger partial charge < -0.3 is 5.73 Å². The zero-order valence-electron chi connectivity index (χ0n) is 9.66. The van der Waals surface area contributed by atoms with E-state index in [0.717, 1.165) is 26.1 Å². The Bertz CT molecular complexity index is 344. The van der Waals surface area contributed by atoms with Crippen LogP contribution in [0.3, 0.4) is 0 Å². The molecule has 0 aromatic heterocycles. The summed E-state index contributed by atoms with van der Waals surface area (Å²) in [6.07, 6.45) is 0.995. The quantitative estimate of drug-likeness (QED) is 0.815. The average Bonchev–Trinajstić information content (AvgIpc) is 2.61. The Kier molecular flexibility index (Phi) is 3.08. The van der Waals surface area contributed by atoms with Gasteiger partial charge in [0.15, 0.2) is 0 Å². The molecule has 0 saturated heterocycles. The molecular weight excluding hydrogens is 184 g/mol. The maximum Gasteiger partial charge on any atom is 0.0243 e. The lowest BCUT2D eigenvalue weighted by atomic mass is 10.0. The fourth-order valence-corrected chi connectivity index (χ4v) is 2.16. The van der Waals surface area contributed by atoms with Crippen molar-refractivity contribution < 1.29 is 0 Å². The highest BCUT2D eigenvalue weighted by Crippen LogP contribution is 2.25. The molecule has 0 bridgehead atoms. The molecule has 2 nitrogen and oxygen atoms in total. The highest BCUT2D eigenvalue weighted by atomic mass is 15.2. The van der Waals surface area contributed by atoms with E-state index in [-0.39, 0.29) is 0 Å². The van der Waals surface area contributed by atoms with Crippen molar-refractivity contribution in [2.24, 2.45) is 5.73 Å². The van der Waals surface area contributed by atoms with Crippen LogP contribution in [0.1, 0.15) is 30.5 Å². The van der Waals surface area contributed by atoms with Crippen LogP contribution in [0.4, 0.5) is 0 Å². The summed E-state index contributed by atoms with van der Waals surface area (Å²) < 4.78 is 0. The van der Waals surface area contributed by atoms with Gasteiger partial charge in [-0.05, 0) is 43.5 Å². The summed E-state index contributed by atoms with van der Waals surface area (Å²) in [6.45, 7) is 7.47. The van der Waals surface area contributed by atoms with E-state index in [1.807, 2.05) is 0 Å². The van der Waals surface area contributed by atoms with Crippen molar-refractivity contribution in [3.05, 3.63) is 34.9 Å². The first-order valence-corrected chi connectivity index (χ1v) is 5.75. The van der Waals surface area contributed by atoms with Crippen LogP contribution in [0.2, 0.25) is 0 Å². The van der Waals surface area contributed by atoms with E-state index in [4.69, 9.17) is 5.73 Å². The van der Waals surface area contributed by atoms with Gasteiger partial charge in [0.2, 0.25) is 0 Å². The van der Waals surface area contributed by atoms with Crippen LogP contribution in [-0.2, 0) is 19.5 Å². The molecule has 0 fully saturated rings. The Morgan fingerprint density at radius 1 is 1.27 bits per heavy atom. The molecule has 0 spiro atoms. The van der Waals surface area contributed by atoms with Crippen molar-refractivity contribution in [3.63, 3.8) is 0 Å². The second-order valence-electron chi connectivity index (χ2n) is 4.64. The average molecular weight is 204 g/mol. The Morgan fingerprint density at radius 2 is 2.00 bits per heavy atom. The van der Waals surface area contributed by atoms with Crippen molar-refractivity contribution in [2.45, 2.75) is 39.4 Å². The predicted molar refractivity (Wildman–Crippen MR) is 63.6 cm³/mol. The Balaban J connectivity index is 2.16. The Morgan fingerprint density at radius 3 is 2.67 bits per heavy atom. The molecule has 15 heavy (non-hydrogen) atoms. The van der Waals surface area contributed by atoms with Gasteiger partial charge in [-0.3, -0.25) is 4.90 Å². The highest BCUT2D eigenvalue weighted by molar-refractivity contribution is 5.35. The second kappa shape index (κ2) is 4.33. The van der Waals surface area contributed by atoms with E-state index in [1.165, 1.54) is 16.7 Å². The maximum atomic E-state index is 5.57. The largest absolute Gasteiger partial charge is 0.330 e. The van der Waals surface area contributed by atoms with Crippen LogP contribution in [-0.4, -0.2) is 17.5 Å². The molecule has 2 N–H and O–H groups in total. The summed E-state index contributed by atoms with van der Waals surface area (Å²) in [5.41, 5.74) is 9.93. The van der Waals surface area contributed by atoms with Gasteiger partial charge in [0.1, 0.15) is 0 Å². The molecule has 1 aromatic carbocycles. The molecular formula is C13H20N2. The molecule has 1 aliphatic rings. The van der Waals surface area contributed by atoms with Gasteiger partial charge in [0.25, 0.3) is 0 Å². The molecule has 82 valence electrons. The molecule has 0 saturated carbocycles. The molecule has 1 aromatic rings. The van der Waals surface area contributed by atoms with Gasteiger partial charge >= 0.3 is 0 Å². The van der Waals surface area contributed by atoms with Crippen LogP contribution in [0, 0.1) is 0 Å². The van der Waals surface area contributed by atoms with E-state index in [1.54, 1.807) is 0 Å². The van der Waals surface area contributed by atoms with Crippen molar-refractivity contribution in [3.8, 4) is 0 Å². The third kappa shape index (κ3) is 2.21. The third-order valence-corrected chi connectivity index (χ3v) is 3.18. The fraction of sp³-hybridized carbons (Fsp3) is 0.538. The van der Waals surface area contributed by atoms with Gasteiger partial charge in [-0.15, -0.1) is 0 Å². The zero-order chi connectivity index (χ0) is 10.8. The minimum atomic E-state index is 0.635. The number of nitrogens with two attached hydrogens (primary N) is 1. The molecule has 0 unspecified atom stereocenters. The minimum absolute atomic E-state index is 0.635. The molecule has 1 aliphatic heterocycles. The lowest BCUT2D eigenvalue weighted by Gasteiger charge is -2.18. The van der Waals surface area contributed by atoms with Crippen LogP contribution >= 0.6 is 0 Å². The lowest BCUT2D eigenvalue weighted by Crippen LogP contribution is -2.24. The Hall–Kier alpha value is -0.860. The number of hydrogen-bond acceptors (Lipinski definition) is 2. The van der Waals surface area contributed by atoms with E-state index in [0.29, 0.717) is 6.04 Å². The summed E-state index contributed by atoms with van der Waals surface area (Å²) in [6, 6.07) is 7.44. The minimum Gasteiger partial charge on any atom is -0.330 e. The molecule has 2 heteroatoms. The van der Waals surface area contributed by atoms with Crippen molar-refractivity contribution in [1.29, 1.82) is 0 Å². The molecule has 1 heterocycles. The summed E-state index contributed by atoms with van der Waals surface area (Å²) >= 11 is 0. The van der Waals surface area contributed by atoms with Crippen molar-refractivity contribution in [2.75, 3.05) is 6.54 Å². The van der Waals surface area contributed by atoms with Crippen LogP contribution in [0.25, 0.3) is 0 Å². The van der Waals surface area contributed by atoms with Crippen LogP contribution in [0.15, 0.2) is 18.2 Å². The topological polar surface area (TPSA) is 29.3 Å². The van der Waals surface area contributed by atoms with Gasteiger partial charge in [-0.1, -0.05) is 18.2 Å². The van der Waals surface area contributed by atoms with E-state index >= 15 is 0 Å². The molecule has 0 atom stereocenters. The Labute approximate surface area is 92.1 Å². The van der Waals surface area contributed by atoms with Gasteiger partial charge in [0, 0.05) is 19.1 Å². The first-order valence-electron chi connectivity index (χ1n) is 5.75. The molecule has 0 amide bonds. The monoisotopic (exact) mass is 204 g/mol. The van der Waals surface area contributed by atoms with E-state index in [2.05, 4.69) is 36.9 Å². The summed E-state index contributed by atoms with van der Waals surface area (Å²) in [4.78, 5) is 2.50. The van der Waals surface area contributed by atoms with Crippen LogP contribution in [0.5, 0.6) is 0 Å². The van der Waals surface area contributed by atoms with Gasteiger partial charge in [-0.2, -0.15) is 0 Å².